The van der Waals surface area contributed by atoms with E-state index in [0.717, 1.165) is 0 Å². The molecular weight excluding hydrogens is 121 g/mol. The first-order valence-electron chi connectivity index (χ1n) is 3.05. The highest BCUT2D eigenvalue weighted by atomic mass is 19.1. The molecule has 1 N–H and O–H groups in total. The maximum atomic E-state index is 12.3. The van der Waals surface area contributed by atoms with Gasteiger partial charge in [-0.15, -0.1) is 0 Å². The van der Waals surface area contributed by atoms with Gasteiger partial charge >= 0.3 is 0 Å². The zero-order valence-corrected chi connectivity index (χ0v) is 5.78. The van der Waals surface area contributed by atoms with Crippen LogP contribution in [-0.2, 0) is 4.79 Å². The normalized spacial score (nSPS) is 12.8. The maximum absolute atomic E-state index is 12.3. The molecule has 0 heterocycles. The average molecular weight is 133 g/mol. The van der Waals surface area contributed by atoms with Gasteiger partial charge in [0.25, 0.3) is 0 Å². The number of hydrogen-bond donors (Lipinski definition) is 1. The van der Waals surface area contributed by atoms with Crippen molar-refractivity contribution in [3.05, 3.63) is 0 Å². The summed E-state index contributed by atoms with van der Waals surface area (Å²) in [7, 11) is 0. The molecule has 0 saturated carbocycles. The van der Waals surface area contributed by atoms with Crippen molar-refractivity contribution in [2.24, 2.45) is 0 Å². The van der Waals surface area contributed by atoms with E-state index in [2.05, 4.69) is 5.32 Å². The molecule has 0 aromatic heterocycles. The molecule has 0 aromatic rings. The second-order valence-electron chi connectivity index (χ2n) is 1.94. The lowest BCUT2D eigenvalue weighted by Crippen LogP contribution is -2.27. The fourth-order valence-corrected chi connectivity index (χ4v) is 0.399. The third-order valence-corrected chi connectivity index (χ3v) is 1.02. The van der Waals surface area contributed by atoms with E-state index in [9.17, 15) is 9.18 Å². The highest BCUT2D eigenvalue weighted by Crippen LogP contribution is 1.92. The van der Waals surface area contributed by atoms with Crippen LogP contribution in [-0.4, -0.2) is 18.6 Å². The summed E-state index contributed by atoms with van der Waals surface area (Å²) in [6, 6.07) is 0. The number of rotatable bonds is 3. The molecule has 0 aliphatic heterocycles. The molecule has 0 rings (SSSR count). The Hall–Kier alpha value is -0.600. The van der Waals surface area contributed by atoms with E-state index in [1.807, 2.05) is 0 Å². The van der Waals surface area contributed by atoms with Crippen LogP contribution < -0.4 is 5.32 Å². The predicted molar refractivity (Wildman–Crippen MR) is 33.9 cm³/mol. The Bertz CT molecular complexity index is 95.1. The number of halogens is 1. The van der Waals surface area contributed by atoms with Gasteiger partial charge in [-0.3, -0.25) is 4.79 Å². The standard InChI is InChI=1S/C6H12FNO/c1-3-6(7)4-8-5(2)9/h6H,3-4H2,1-2H3,(H,8,9)/t6-/m1/s1. The van der Waals surface area contributed by atoms with E-state index in [1.54, 1.807) is 6.92 Å². The van der Waals surface area contributed by atoms with Crippen molar-refractivity contribution in [3.8, 4) is 0 Å². The van der Waals surface area contributed by atoms with Gasteiger partial charge in [-0.05, 0) is 6.42 Å². The molecule has 0 bridgehead atoms. The first kappa shape index (κ1) is 8.40. The molecule has 0 saturated heterocycles. The monoisotopic (exact) mass is 133 g/mol. The summed E-state index contributed by atoms with van der Waals surface area (Å²) in [5.74, 6) is -0.175. The zero-order chi connectivity index (χ0) is 7.28. The van der Waals surface area contributed by atoms with Crippen LogP contribution in [0.5, 0.6) is 0 Å². The van der Waals surface area contributed by atoms with Crippen LogP contribution in [0.1, 0.15) is 20.3 Å². The van der Waals surface area contributed by atoms with Gasteiger partial charge in [0.15, 0.2) is 0 Å². The Morgan fingerprint density at radius 2 is 2.33 bits per heavy atom. The average Bonchev–Trinajstić information content (AvgIpc) is 1.83. The molecule has 9 heavy (non-hydrogen) atoms. The van der Waals surface area contributed by atoms with Crippen molar-refractivity contribution in [1.82, 2.24) is 5.32 Å². The topological polar surface area (TPSA) is 29.1 Å². The van der Waals surface area contributed by atoms with E-state index < -0.39 is 6.17 Å². The van der Waals surface area contributed by atoms with Crippen LogP contribution in [0.25, 0.3) is 0 Å². The second kappa shape index (κ2) is 4.30. The Morgan fingerprint density at radius 1 is 1.78 bits per heavy atom. The highest BCUT2D eigenvalue weighted by Gasteiger charge is 2.01. The van der Waals surface area contributed by atoms with E-state index in [1.165, 1.54) is 6.92 Å². The number of hydrogen-bond acceptors (Lipinski definition) is 1. The summed E-state index contributed by atoms with van der Waals surface area (Å²) in [5, 5.41) is 2.38. The smallest absolute Gasteiger partial charge is 0.216 e. The van der Waals surface area contributed by atoms with Crippen LogP contribution in [0, 0.1) is 0 Å². The lowest BCUT2D eigenvalue weighted by atomic mass is 10.3. The van der Waals surface area contributed by atoms with Gasteiger partial charge in [0.05, 0.1) is 0 Å². The zero-order valence-electron chi connectivity index (χ0n) is 5.78. The van der Waals surface area contributed by atoms with E-state index in [4.69, 9.17) is 0 Å². The molecule has 3 heteroatoms. The summed E-state index contributed by atoms with van der Waals surface area (Å²) in [6.45, 7) is 3.26. The molecule has 0 spiro atoms. The van der Waals surface area contributed by atoms with Crippen molar-refractivity contribution in [1.29, 1.82) is 0 Å². The molecule has 1 amide bonds. The quantitative estimate of drug-likeness (QED) is 0.608. The molecule has 0 fully saturated rings. The number of nitrogens with one attached hydrogen (secondary N) is 1. The largest absolute Gasteiger partial charge is 0.353 e. The summed E-state index contributed by atoms with van der Waals surface area (Å²) < 4.78 is 12.3. The number of alkyl halides is 1. The van der Waals surface area contributed by atoms with Crippen molar-refractivity contribution >= 4 is 5.91 Å². The minimum atomic E-state index is -0.895. The Kier molecular flexibility index (Phi) is 4.01. The summed E-state index contributed by atoms with van der Waals surface area (Å²) in [6.07, 6.45) is -0.436. The van der Waals surface area contributed by atoms with Gasteiger partial charge in [-0.2, -0.15) is 0 Å². The maximum Gasteiger partial charge on any atom is 0.216 e. The third kappa shape index (κ3) is 5.27. The third-order valence-electron chi connectivity index (χ3n) is 1.02. The summed E-state index contributed by atoms with van der Waals surface area (Å²) >= 11 is 0. The van der Waals surface area contributed by atoms with Gasteiger partial charge in [-0.1, -0.05) is 6.92 Å². The van der Waals surface area contributed by atoms with Crippen LogP contribution in [0.15, 0.2) is 0 Å². The Labute approximate surface area is 54.4 Å². The first-order chi connectivity index (χ1) is 4.16. The van der Waals surface area contributed by atoms with Crippen molar-refractivity contribution in [2.75, 3.05) is 6.54 Å². The fourth-order valence-electron chi connectivity index (χ4n) is 0.399. The fraction of sp³-hybridized carbons (Fsp3) is 0.833. The molecule has 2 nitrogen and oxygen atoms in total. The first-order valence-corrected chi connectivity index (χ1v) is 3.05. The number of carbonyl (C=O) groups is 1. The SMILES string of the molecule is CC[C@@H](F)CNC(C)=O. The van der Waals surface area contributed by atoms with Gasteiger partial charge in [0.2, 0.25) is 5.91 Å². The van der Waals surface area contributed by atoms with E-state index in [-0.39, 0.29) is 12.5 Å². The van der Waals surface area contributed by atoms with Gasteiger partial charge < -0.3 is 5.32 Å². The van der Waals surface area contributed by atoms with Crippen molar-refractivity contribution < 1.29 is 9.18 Å². The molecule has 0 aliphatic rings. The second-order valence-corrected chi connectivity index (χ2v) is 1.94. The minimum absolute atomic E-state index is 0.145. The molecule has 54 valence electrons. The lowest BCUT2D eigenvalue weighted by Gasteiger charge is -2.03. The van der Waals surface area contributed by atoms with E-state index >= 15 is 0 Å². The Morgan fingerprint density at radius 3 is 2.67 bits per heavy atom. The van der Waals surface area contributed by atoms with Crippen LogP contribution in [0.4, 0.5) is 4.39 Å². The summed E-state index contributed by atoms with van der Waals surface area (Å²) in [4.78, 5) is 10.2. The summed E-state index contributed by atoms with van der Waals surface area (Å²) in [5.41, 5.74) is 0. The Balaban J connectivity index is 3.16. The molecule has 1 atom stereocenters. The van der Waals surface area contributed by atoms with Gasteiger partial charge in [-0.25, -0.2) is 4.39 Å². The van der Waals surface area contributed by atoms with Crippen molar-refractivity contribution in [3.63, 3.8) is 0 Å². The minimum Gasteiger partial charge on any atom is -0.353 e. The molecule has 0 unspecified atom stereocenters. The van der Waals surface area contributed by atoms with Crippen molar-refractivity contribution in [2.45, 2.75) is 26.4 Å². The molecule has 0 aromatic carbocycles. The van der Waals surface area contributed by atoms with Crippen LogP contribution in [0.2, 0.25) is 0 Å². The predicted octanol–water partition coefficient (Wildman–Crippen LogP) is 0.871. The molecular formula is C6H12FNO. The molecule has 0 aliphatic carbocycles. The highest BCUT2D eigenvalue weighted by molar-refractivity contribution is 5.72. The van der Waals surface area contributed by atoms with Crippen LogP contribution in [0.3, 0.4) is 0 Å². The van der Waals surface area contributed by atoms with E-state index in [0.29, 0.717) is 6.42 Å². The number of amides is 1. The van der Waals surface area contributed by atoms with Crippen LogP contribution >= 0.6 is 0 Å². The molecule has 0 radical (unpaired) electrons. The number of carbonyl (C=O) groups excluding carboxylic acids is 1. The van der Waals surface area contributed by atoms with Gasteiger partial charge in [0.1, 0.15) is 6.17 Å². The van der Waals surface area contributed by atoms with Gasteiger partial charge in [0, 0.05) is 13.5 Å². The lowest BCUT2D eigenvalue weighted by molar-refractivity contribution is -0.119.